The van der Waals surface area contributed by atoms with Gasteiger partial charge in [0, 0.05) is 18.6 Å². The number of hydrogen-bond acceptors (Lipinski definition) is 3. The van der Waals surface area contributed by atoms with Gasteiger partial charge in [-0.1, -0.05) is 18.6 Å². The minimum absolute atomic E-state index is 0.226. The van der Waals surface area contributed by atoms with Gasteiger partial charge >= 0.3 is 0 Å². The standard InChI is InChI=1S/C16H23NO2/c1-4-17-14(8-9-18-5-2)16-11-13-10-12(3)6-7-15(13)19-16/h6-7,10-11,14,17H,4-5,8-9H2,1-3H3. The van der Waals surface area contributed by atoms with Crippen LogP contribution in [-0.4, -0.2) is 19.8 Å². The first-order valence-electron chi connectivity index (χ1n) is 7.05. The highest BCUT2D eigenvalue weighted by molar-refractivity contribution is 5.78. The number of furan rings is 1. The molecule has 1 heterocycles. The van der Waals surface area contributed by atoms with Gasteiger partial charge in [0.1, 0.15) is 11.3 Å². The third-order valence-corrected chi connectivity index (χ3v) is 3.24. The van der Waals surface area contributed by atoms with E-state index < -0.39 is 0 Å². The Hall–Kier alpha value is -1.32. The zero-order chi connectivity index (χ0) is 13.7. The summed E-state index contributed by atoms with van der Waals surface area (Å²) >= 11 is 0. The highest BCUT2D eigenvalue weighted by Gasteiger charge is 2.15. The lowest BCUT2D eigenvalue weighted by molar-refractivity contribution is 0.134. The minimum Gasteiger partial charge on any atom is -0.459 e. The molecular weight excluding hydrogens is 238 g/mol. The Labute approximate surface area is 114 Å². The molecule has 1 aromatic heterocycles. The van der Waals surface area contributed by atoms with Crippen LogP contribution in [0.4, 0.5) is 0 Å². The summed E-state index contributed by atoms with van der Waals surface area (Å²) in [6.07, 6.45) is 0.931. The third-order valence-electron chi connectivity index (χ3n) is 3.24. The van der Waals surface area contributed by atoms with Gasteiger partial charge in [0.2, 0.25) is 0 Å². The zero-order valence-corrected chi connectivity index (χ0v) is 12.0. The van der Waals surface area contributed by atoms with E-state index >= 15 is 0 Å². The Bertz CT molecular complexity index is 518. The first kappa shape index (κ1) is 14.1. The number of nitrogens with one attached hydrogen (secondary N) is 1. The van der Waals surface area contributed by atoms with E-state index in [0.717, 1.165) is 37.5 Å². The lowest BCUT2D eigenvalue weighted by Crippen LogP contribution is -2.21. The van der Waals surface area contributed by atoms with Crippen molar-refractivity contribution >= 4 is 11.0 Å². The summed E-state index contributed by atoms with van der Waals surface area (Å²) in [6.45, 7) is 8.67. The Morgan fingerprint density at radius 2 is 2.11 bits per heavy atom. The Balaban J connectivity index is 2.17. The van der Waals surface area contributed by atoms with Crippen molar-refractivity contribution in [2.24, 2.45) is 0 Å². The van der Waals surface area contributed by atoms with Crippen molar-refractivity contribution in [3.05, 3.63) is 35.6 Å². The van der Waals surface area contributed by atoms with Crippen LogP contribution >= 0.6 is 0 Å². The fourth-order valence-corrected chi connectivity index (χ4v) is 2.29. The molecule has 0 aliphatic rings. The molecule has 0 spiro atoms. The normalized spacial score (nSPS) is 13.0. The van der Waals surface area contributed by atoms with Crippen molar-refractivity contribution in [3.63, 3.8) is 0 Å². The molecule has 0 aliphatic carbocycles. The second-order valence-corrected chi connectivity index (χ2v) is 4.79. The van der Waals surface area contributed by atoms with E-state index in [1.165, 1.54) is 10.9 Å². The zero-order valence-electron chi connectivity index (χ0n) is 12.0. The molecule has 0 amide bonds. The molecule has 1 atom stereocenters. The van der Waals surface area contributed by atoms with Crippen LogP contribution in [0.3, 0.4) is 0 Å². The number of ether oxygens (including phenoxy) is 1. The lowest BCUT2D eigenvalue weighted by Gasteiger charge is -2.15. The summed E-state index contributed by atoms with van der Waals surface area (Å²) < 4.78 is 11.4. The fraction of sp³-hybridized carbons (Fsp3) is 0.500. The molecule has 104 valence electrons. The van der Waals surface area contributed by atoms with Crippen molar-refractivity contribution in [2.45, 2.75) is 33.2 Å². The second-order valence-electron chi connectivity index (χ2n) is 4.79. The van der Waals surface area contributed by atoms with Crippen molar-refractivity contribution in [3.8, 4) is 0 Å². The van der Waals surface area contributed by atoms with Crippen LogP contribution in [0.15, 0.2) is 28.7 Å². The van der Waals surface area contributed by atoms with Gasteiger partial charge in [0.15, 0.2) is 0 Å². The number of benzene rings is 1. The van der Waals surface area contributed by atoms with Gasteiger partial charge in [-0.3, -0.25) is 0 Å². The average molecular weight is 261 g/mol. The average Bonchev–Trinajstić information content (AvgIpc) is 2.80. The molecule has 0 saturated heterocycles. The minimum atomic E-state index is 0.226. The van der Waals surface area contributed by atoms with Crippen LogP contribution in [0.5, 0.6) is 0 Å². The van der Waals surface area contributed by atoms with E-state index in [-0.39, 0.29) is 6.04 Å². The molecule has 1 aromatic carbocycles. The van der Waals surface area contributed by atoms with Gasteiger partial charge in [-0.25, -0.2) is 0 Å². The number of hydrogen-bond donors (Lipinski definition) is 1. The Kier molecular flexibility index (Phi) is 5.00. The molecule has 3 nitrogen and oxygen atoms in total. The van der Waals surface area contributed by atoms with Crippen LogP contribution in [-0.2, 0) is 4.74 Å². The molecular formula is C16H23NO2. The summed E-state index contributed by atoms with van der Waals surface area (Å²) in [5.41, 5.74) is 2.22. The van der Waals surface area contributed by atoms with Crippen molar-refractivity contribution < 1.29 is 9.15 Å². The van der Waals surface area contributed by atoms with E-state index in [2.05, 4.69) is 37.4 Å². The number of rotatable bonds is 7. The molecule has 0 bridgehead atoms. The Morgan fingerprint density at radius 1 is 1.26 bits per heavy atom. The van der Waals surface area contributed by atoms with E-state index in [4.69, 9.17) is 9.15 Å². The van der Waals surface area contributed by atoms with Crippen molar-refractivity contribution in [1.82, 2.24) is 5.32 Å². The molecule has 19 heavy (non-hydrogen) atoms. The van der Waals surface area contributed by atoms with Crippen LogP contribution < -0.4 is 5.32 Å². The summed E-state index contributed by atoms with van der Waals surface area (Å²) in [5, 5.41) is 4.63. The summed E-state index contributed by atoms with van der Waals surface area (Å²) in [4.78, 5) is 0. The third kappa shape index (κ3) is 3.58. The summed E-state index contributed by atoms with van der Waals surface area (Å²) in [5.74, 6) is 1.00. The number of fused-ring (bicyclic) bond motifs is 1. The van der Waals surface area contributed by atoms with E-state index in [1.807, 2.05) is 13.0 Å². The van der Waals surface area contributed by atoms with Crippen LogP contribution in [0, 0.1) is 6.92 Å². The van der Waals surface area contributed by atoms with E-state index in [0.29, 0.717) is 0 Å². The SMILES string of the molecule is CCNC(CCOCC)c1cc2cc(C)ccc2o1. The summed E-state index contributed by atoms with van der Waals surface area (Å²) in [7, 11) is 0. The molecule has 1 N–H and O–H groups in total. The van der Waals surface area contributed by atoms with Gasteiger partial charge in [-0.15, -0.1) is 0 Å². The van der Waals surface area contributed by atoms with Gasteiger partial charge in [-0.05, 0) is 45.0 Å². The molecule has 0 radical (unpaired) electrons. The smallest absolute Gasteiger partial charge is 0.134 e. The lowest BCUT2D eigenvalue weighted by atomic mass is 10.1. The molecule has 2 aromatic rings. The van der Waals surface area contributed by atoms with Gasteiger partial charge in [0.05, 0.1) is 6.04 Å². The fourth-order valence-electron chi connectivity index (χ4n) is 2.29. The maximum absolute atomic E-state index is 5.95. The first-order chi connectivity index (χ1) is 9.24. The topological polar surface area (TPSA) is 34.4 Å². The molecule has 1 unspecified atom stereocenters. The van der Waals surface area contributed by atoms with E-state index in [9.17, 15) is 0 Å². The second kappa shape index (κ2) is 6.73. The molecule has 0 saturated carbocycles. The maximum Gasteiger partial charge on any atom is 0.134 e. The first-order valence-corrected chi connectivity index (χ1v) is 7.05. The van der Waals surface area contributed by atoms with Crippen LogP contribution in [0.25, 0.3) is 11.0 Å². The van der Waals surface area contributed by atoms with Gasteiger partial charge in [-0.2, -0.15) is 0 Å². The van der Waals surface area contributed by atoms with Crippen molar-refractivity contribution in [2.75, 3.05) is 19.8 Å². The van der Waals surface area contributed by atoms with Crippen LogP contribution in [0.1, 0.15) is 37.6 Å². The largest absolute Gasteiger partial charge is 0.459 e. The Morgan fingerprint density at radius 3 is 2.84 bits per heavy atom. The van der Waals surface area contributed by atoms with Crippen molar-refractivity contribution in [1.29, 1.82) is 0 Å². The van der Waals surface area contributed by atoms with Gasteiger partial charge in [0.25, 0.3) is 0 Å². The van der Waals surface area contributed by atoms with Crippen LogP contribution in [0.2, 0.25) is 0 Å². The quantitative estimate of drug-likeness (QED) is 0.769. The molecule has 0 fully saturated rings. The molecule has 3 heteroatoms. The maximum atomic E-state index is 5.95. The number of aryl methyl sites for hydroxylation is 1. The monoisotopic (exact) mass is 261 g/mol. The highest BCUT2D eigenvalue weighted by atomic mass is 16.5. The molecule has 2 rings (SSSR count). The van der Waals surface area contributed by atoms with E-state index in [1.54, 1.807) is 0 Å². The molecule has 0 aliphatic heterocycles. The highest BCUT2D eigenvalue weighted by Crippen LogP contribution is 2.26. The summed E-state index contributed by atoms with van der Waals surface area (Å²) in [6, 6.07) is 8.65. The van der Waals surface area contributed by atoms with Gasteiger partial charge < -0.3 is 14.5 Å². The predicted molar refractivity (Wildman–Crippen MR) is 78.5 cm³/mol. The predicted octanol–water partition coefficient (Wildman–Crippen LogP) is 3.82.